The first-order valence-electron chi connectivity index (χ1n) is 8.44. The van der Waals surface area contributed by atoms with E-state index in [1.807, 2.05) is 13.8 Å². The number of aromatic nitrogens is 1. The molecule has 0 aliphatic carbocycles. The van der Waals surface area contributed by atoms with Gasteiger partial charge < -0.3 is 10.2 Å². The number of nitrogens with zero attached hydrogens (tertiary/aromatic N) is 2. The van der Waals surface area contributed by atoms with E-state index in [9.17, 15) is 18.0 Å². The summed E-state index contributed by atoms with van der Waals surface area (Å²) in [6.45, 7) is 4.76. The molecule has 7 heteroatoms. The summed E-state index contributed by atoms with van der Waals surface area (Å²) in [5, 5.41) is 2.99. The molecule has 1 saturated heterocycles. The molecule has 1 N–H and O–H groups in total. The van der Waals surface area contributed by atoms with Gasteiger partial charge in [0.05, 0.1) is 11.5 Å². The molecule has 1 aromatic rings. The number of halogens is 3. The lowest BCUT2D eigenvalue weighted by Crippen LogP contribution is -2.46. The van der Waals surface area contributed by atoms with Crippen LogP contribution in [0.15, 0.2) is 18.3 Å². The van der Waals surface area contributed by atoms with Gasteiger partial charge in [0.2, 0.25) is 5.91 Å². The zero-order chi connectivity index (χ0) is 17.7. The van der Waals surface area contributed by atoms with Crippen LogP contribution in [-0.4, -0.2) is 30.0 Å². The molecule has 1 atom stereocenters. The molecule has 1 aliphatic rings. The second-order valence-electron chi connectivity index (χ2n) is 6.18. The van der Waals surface area contributed by atoms with Gasteiger partial charge in [0.25, 0.3) is 0 Å². The largest absolute Gasteiger partial charge is 0.419 e. The topological polar surface area (TPSA) is 45.2 Å². The zero-order valence-corrected chi connectivity index (χ0v) is 14.1. The first-order valence-corrected chi connectivity index (χ1v) is 8.44. The molecule has 134 valence electrons. The van der Waals surface area contributed by atoms with Crippen LogP contribution in [0.25, 0.3) is 0 Å². The highest BCUT2D eigenvalue weighted by atomic mass is 19.4. The molecule has 0 spiro atoms. The van der Waals surface area contributed by atoms with Crippen LogP contribution in [0.1, 0.15) is 45.1 Å². The summed E-state index contributed by atoms with van der Waals surface area (Å²) < 4.78 is 39.5. The van der Waals surface area contributed by atoms with Gasteiger partial charge >= 0.3 is 6.18 Å². The lowest BCUT2D eigenvalue weighted by molar-refractivity contribution is -0.137. The minimum atomic E-state index is -4.45. The number of pyridine rings is 1. The van der Waals surface area contributed by atoms with Crippen LogP contribution in [0.3, 0.4) is 0 Å². The summed E-state index contributed by atoms with van der Waals surface area (Å²) in [7, 11) is 0. The van der Waals surface area contributed by atoms with Gasteiger partial charge in [-0.3, -0.25) is 4.79 Å². The number of piperidine rings is 1. The third-order valence-corrected chi connectivity index (χ3v) is 4.52. The average Bonchev–Trinajstić information content (AvgIpc) is 2.58. The minimum absolute atomic E-state index is 0.0714. The van der Waals surface area contributed by atoms with Crippen LogP contribution in [0.2, 0.25) is 0 Å². The van der Waals surface area contributed by atoms with Gasteiger partial charge in [-0.2, -0.15) is 13.2 Å². The number of carbonyl (C=O) groups is 1. The summed E-state index contributed by atoms with van der Waals surface area (Å²) in [5.41, 5.74) is -0.744. The van der Waals surface area contributed by atoms with Crippen molar-refractivity contribution in [3.05, 3.63) is 23.9 Å². The molecule has 1 aromatic heterocycles. The van der Waals surface area contributed by atoms with E-state index in [4.69, 9.17) is 0 Å². The van der Waals surface area contributed by atoms with Crippen LogP contribution in [0.4, 0.5) is 19.0 Å². The lowest BCUT2D eigenvalue weighted by Gasteiger charge is -2.34. The van der Waals surface area contributed by atoms with Crippen LogP contribution in [-0.2, 0) is 11.0 Å². The van der Waals surface area contributed by atoms with Gasteiger partial charge in [0.1, 0.15) is 5.82 Å². The van der Waals surface area contributed by atoms with Crippen LogP contribution >= 0.6 is 0 Å². The molecule has 0 aromatic carbocycles. The van der Waals surface area contributed by atoms with E-state index in [0.29, 0.717) is 19.4 Å². The van der Waals surface area contributed by atoms with Crippen molar-refractivity contribution < 1.29 is 18.0 Å². The number of carbonyl (C=O) groups excluding carboxylic acids is 1. The minimum Gasteiger partial charge on any atom is -0.355 e. The Labute approximate surface area is 140 Å². The van der Waals surface area contributed by atoms with E-state index < -0.39 is 11.7 Å². The van der Waals surface area contributed by atoms with Crippen molar-refractivity contribution in [3.8, 4) is 0 Å². The molecule has 0 saturated carbocycles. The Balaban J connectivity index is 2.13. The number of alkyl halides is 3. The fraction of sp³-hybridized carbons (Fsp3) is 0.647. The van der Waals surface area contributed by atoms with Crippen molar-refractivity contribution in [3.63, 3.8) is 0 Å². The van der Waals surface area contributed by atoms with Gasteiger partial charge in [-0.1, -0.05) is 13.8 Å². The zero-order valence-electron chi connectivity index (χ0n) is 14.1. The molecule has 1 unspecified atom stereocenters. The number of hydrogen-bond acceptors (Lipinski definition) is 3. The van der Waals surface area contributed by atoms with Crippen molar-refractivity contribution in [1.29, 1.82) is 0 Å². The number of rotatable bonds is 5. The Morgan fingerprint density at radius 1 is 1.42 bits per heavy atom. The third kappa shape index (κ3) is 4.39. The van der Waals surface area contributed by atoms with Gasteiger partial charge in [-0.25, -0.2) is 4.98 Å². The fourth-order valence-corrected chi connectivity index (χ4v) is 3.07. The molecule has 1 aliphatic heterocycles. The molecule has 1 amide bonds. The predicted octanol–water partition coefficient (Wildman–Crippen LogP) is 3.62. The Kier molecular flexibility index (Phi) is 6.07. The smallest absolute Gasteiger partial charge is 0.355 e. The Hall–Kier alpha value is -1.79. The number of amides is 1. The molecule has 4 nitrogen and oxygen atoms in total. The van der Waals surface area contributed by atoms with E-state index in [-0.39, 0.29) is 30.2 Å². The van der Waals surface area contributed by atoms with Crippen LogP contribution < -0.4 is 10.2 Å². The van der Waals surface area contributed by atoms with Crippen molar-refractivity contribution in [2.75, 3.05) is 18.0 Å². The van der Waals surface area contributed by atoms with Gasteiger partial charge in [-0.15, -0.1) is 0 Å². The first-order chi connectivity index (χ1) is 11.4. The molecule has 1 fully saturated rings. The van der Waals surface area contributed by atoms with E-state index in [1.165, 1.54) is 12.3 Å². The van der Waals surface area contributed by atoms with Crippen LogP contribution in [0.5, 0.6) is 0 Å². The second-order valence-corrected chi connectivity index (χ2v) is 6.18. The van der Waals surface area contributed by atoms with Crippen molar-refractivity contribution >= 4 is 11.7 Å². The number of hydrogen-bond donors (Lipinski definition) is 1. The Bertz CT molecular complexity index is 558. The monoisotopic (exact) mass is 343 g/mol. The molecular weight excluding hydrogens is 319 g/mol. The summed E-state index contributed by atoms with van der Waals surface area (Å²) in [4.78, 5) is 17.9. The fourth-order valence-electron chi connectivity index (χ4n) is 3.07. The van der Waals surface area contributed by atoms with Gasteiger partial charge in [0, 0.05) is 25.3 Å². The normalized spacial score (nSPS) is 18.8. The average molecular weight is 343 g/mol. The van der Waals surface area contributed by atoms with E-state index in [2.05, 4.69) is 10.3 Å². The quantitative estimate of drug-likeness (QED) is 0.888. The summed E-state index contributed by atoms with van der Waals surface area (Å²) in [5.74, 6) is -0.453. The second kappa shape index (κ2) is 7.85. The summed E-state index contributed by atoms with van der Waals surface area (Å²) >= 11 is 0. The van der Waals surface area contributed by atoms with E-state index in [0.717, 1.165) is 18.9 Å². The van der Waals surface area contributed by atoms with E-state index >= 15 is 0 Å². The lowest BCUT2D eigenvalue weighted by atomic mass is 9.96. The maximum atomic E-state index is 13.2. The third-order valence-electron chi connectivity index (χ3n) is 4.52. The van der Waals surface area contributed by atoms with Gasteiger partial charge in [-0.05, 0) is 37.8 Å². The van der Waals surface area contributed by atoms with E-state index in [1.54, 1.807) is 4.90 Å². The highest BCUT2D eigenvalue weighted by Crippen LogP contribution is 2.36. The highest BCUT2D eigenvalue weighted by molar-refractivity contribution is 5.80. The van der Waals surface area contributed by atoms with Crippen LogP contribution in [0, 0.1) is 5.92 Å². The molecule has 2 rings (SSSR count). The maximum Gasteiger partial charge on any atom is 0.419 e. The number of anilines is 1. The van der Waals surface area contributed by atoms with Crippen molar-refractivity contribution in [2.24, 2.45) is 5.92 Å². The molecule has 2 heterocycles. The Morgan fingerprint density at radius 3 is 2.75 bits per heavy atom. The molecule has 24 heavy (non-hydrogen) atoms. The summed E-state index contributed by atoms with van der Waals surface area (Å²) in [6, 6.07) is 2.44. The van der Waals surface area contributed by atoms with Crippen molar-refractivity contribution in [1.82, 2.24) is 10.3 Å². The molecular formula is C17H24F3N3O. The molecule has 0 bridgehead atoms. The highest BCUT2D eigenvalue weighted by Gasteiger charge is 2.37. The number of nitrogens with one attached hydrogen (secondary N) is 1. The van der Waals surface area contributed by atoms with Gasteiger partial charge in [0.15, 0.2) is 0 Å². The Morgan fingerprint density at radius 2 is 2.12 bits per heavy atom. The predicted molar refractivity (Wildman–Crippen MR) is 86.7 cm³/mol. The maximum absolute atomic E-state index is 13.2. The standard InChI is InChI=1S/C17H24F3N3O/c1-3-13(4-2)22-16(24)12-7-6-10-23(11-12)15-14(17(18,19)20)8-5-9-21-15/h5,8-9,12-13H,3-4,6-7,10-11H2,1-2H3,(H,22,24). The SMILES string of the molecule is CCC(CC)NC(=O)C1CCCN(c2ncccc2C(F)(F)F)C1. The molecule has 0 radical (unpaired) electrons. The first kappa shape index (κ1) is 18.5. The summed E-state index contributed by atoms with van der Waals surface area (Å²) in [6.07, 6.45) is -0.0351. The van der Waals surface area contributed by atoms with Crippen molar-refractivity contribution in [2.45, 2.75) is 51.7 Å².